The Morgan fingerprint density at radius 3 is 2.41 bits per heavy atom. The quantitative estimate of drug-likeness (QED) is 0.699. The van der Waals surface area contributed by atoms with Gasteiger partial charge in [0.2, 0.25) is 0 Å². The second-order valence-corrected chi connectivity index (χ2v) is 7.68. The van der Waals surface area contributed by atoms with Crippen molar-refractivity contribution >= 4 is 23.4 Å². The molecule has 2 saturated heterocycles. The van der Waals surface area contributed by atoms with E-state index in [2.05, 4.69) is 5.32 Å². The van der Waals surface area contributed by atoms with E-state index in [1.54, 1.807) is 34.1 Å². The molecular weight excluding hydrogens is 370 g/mol. The van der Waals surface area contributed by atoms with E-state index in [1.165, 1.54) is 0 Å². The van der Waals surface area contributed by atoms with Crippen LogP contribution in [0.15, 0.2) is 48.5 Å². The number of aromatic hydroxyl groups is 1. The van der Waals surface area contributed by atoms with Gasteiger partial charge in [-0.2, -0.15) is 0 Å². The molecule has 7 nitrogen and oxygen atoms in total. The van der Waals surface area contributed by atoms with Crippen molar-refractivity contribution in [3.8, 4) is 5.75 Å². The van der Waals surface area contributed by atoms with Crippen LogP contribution in [0.5, 0.6) is 5.75 Å². The number of carbonyl (C=O) groups excluding carboxylic acids is 1. The summed E-state index contributed by atoms with van der Waals surface area (Å²) < 4.78 is 0. The lowest BCUT2D eigenvalue weighted by molar-refractivity contribution is -0.143. The lowest BCUT2D eigenvalue weighted by atomic mass is 9.86. The highest BCUT2D eigenvalue weighted by Gasteiger charge is 2.32. The van der Waals surface area contributed by atoms with Crippen molar-refractivity contribution in [3.05, 3.63) is 54.1 Å². The first-order valence-electron chi connectivity index (χ1n) is 9.93. The molecule has 2 heterocycles. The van der Waals surface area contributed by atoms with Crippen LogP contribution in [0, 0.1) is 11.8 Å². The van der Waals surface area contributed by atoms with Gasteiger partial charge in [0, 0.05) is 30.5 Å². The second kappa shape index (κ2) is 8.13. The average Bonchev–Trinajstić information content (AvgIpc) is 3.36. The monoisotopic (exact) mass is 395 g/mol. The standard InChI is InChI=1S/C22H25N3O4/c26-19-6-2-5-18(13-19)25-10-9-24(22(25)29)17-4-1-3-15(11-17)12-20(21(27)28)16-7-8-23-14-16/h1-6,11,13,16,20,23,26H,7-10,12,14H2,(H,27,28)/t16-,20-/m0/s1. The van der Waals surface area contributed by atoms with Crippen molar-refractivity contribution in [1.82, 2.24) is 5.32 Å². The van der Waals surface area contributed by atoms with Crippen molar-refractivity contribution in [2.24, 2.45) is 11.8 Å². The minimum Gasteiger partial charge on any atom is -0.508 e. The Bertz CT molecular complexity index is 910. The zero-order valence-electron chi connectivity index (χ0n) is 16.1. The van der Waals surface area contributed by atoms with Crippen LogP contribution in [0.3, 0.4) is 0 Å². The second-order valence-electron chi connectivity index (χ2n) is 7.68. The molecule has 3 N–H and O–H groups in total. The first kappa shape index (κ1) is 19.3. The Kier molecular flexibility index (Phi) is 5.40. The Balaban J connectivity index is 1.51. The SMILES string of the molecule is O=C(O)[C@@H](Cc1cccc(N2CCN(c3cccc(O)c3)C2=O)c1)[C@H]1CCNC1. The van der Waals surface area contributed by atoms with Crippen LogP contribution in [0.1, 0.15) is 12.0 Å². The topological polar surface area (TPSA) is 93.1 Å². The van der Waals surface area contributed by atoms with Crippen LogP contribution in [-0.4, -0.2) is 48.4 Å². The van der Waals surface area contributed by atoms with Crippen molar-refractivity contribution in [3.63, 3.8) is 0 Å². The lowest BCUT2D eigenvalue weighted by Crippen LogP contribution is -2.31. The molecular formula is C22H25N3O4. The van der Waals surface area contributed by atoms with Gasteiger partial charge in [0.15, 0.2) is 0 Å². The molecule has 0 unspecified atom stereocenters. The number of rotatable bonds is 6. The van der Waals surface area contributed by atoms with Gasteiger partial charge >= 0.3 is 12.0 Å². The van der Waals surface area contributed by atoms with Crippen molar-refractivity contribution in [1.29, 1.82) is 0 Å². The average molecular weight is 395 g/mol. The van der Waals surface area contributed by atoms with Gasteiger partial charge in [0.25, 0.3) is 0 Å². The number of carboxylic acids is 1. The Morgan fingerprint density at radius 2 is 1.79 bits per heavy atom. The van der Waals surface area contributed by atoms with E-state index in [4.69, 9.17) is 0 Å². The number of anilines is 2. The van der Waals surface area contributed by atoms with Crippen molar-refractivity contribution in [2.75, 3.05) is 36.0 Å². The van der Waals surface area contributed by atoms with Crippen molar-refractivity contribution in [2.45, 2.75) is 12.8 Å². The number of nitrogens with one attached hydrogen (secondary N) is 1. The highest BCUT2D eigenvalue weighted by atomic mass is 16.4. The van der Waals surface area contributed by atoms with Gasteiger partial charge in [-0.3, -0.25) is 14.6 Å². The molecule has 0 spiro atoms. The summed E-state index contributed by atoms with van der Waals surface area (Å²) in [5.41, 5.74) is 2.35. The number of aliphatic carboxylic acids is 1. The number of carbonyl (C=O) groups is 2. The lowest BCUT2D eigenvalue weighted by Gasteiger charge is -2.21. The molecule has 0 saturated carbocycles. The van der Waals surface area contributed by atoms with E-state index in [0.29, 0.717) is 25.2 Å². The molecule has 0 aliphatic carbocycles. The Hall–Kier alpha value is -3.06. The summed E-state index contributed by atoms with van der Waals surface area (Å²) in [6, 6.07) is 14.1. The first-order valence-corrected chi connectivity index (χ1v) is 9.93. The minimum atomic E-state index is -0.767. The highest BCUT2D eigenvalue weighted by Crippen LogP contribution is 2.29. The zero-order valence-corrected chi connectivity index (χ0v) is 16.1. The predicted octanol–water partition coefficient (Wildman–Crippen LogP) is 2.69. The number of hydrogen-bond acceptors (Lipinski definition) is 4. The predicted molar refractivity (Wildman–Crippen MR) is 110 cm³/mol. The maximum Gasteiger partial charge on any atom is 0.329 e. The molecule has 0 radical (unpaired) electrons. The maximum atomic E-state index is 12.9. The van der Waals surface area contributed by atoms with E-state index >= 15 is 0 Å². The summed E-state index contributed by atoms with van der Waals surface area (Å²) >= 11 is 0. The van der Waals surface area contributed by atoms with Crippen molar-refractivity contribution < 1.29 is 19.8 Å². The number of hydrogen-bond donors (Lipinski definition) is 3. The fourth-order valence-corrected chi connectivity index (χ4v) is 4.26. The Morgan fingerprint density at radius 1 is 1.10 bits per heavy atom. The van der Waals surface area contributed by atoms with Gasteiger partial charge in [-0.25, -0.2) is 4.79 Å². The van der Waals surface area contributed by atoms with E-state index in [0.717, 1.165) is 30.8 Å². The molecule has 2 aliphatic rings. The van der Waals surface area contributed by atoms with Gasteiger partial charge in [-0.1, -0.05) is 18.2 Å². The molecule has 152 valence electrons. The van der Waals surface area contributed by atoms with E-state index < -0.39 is 11.9 Å². The summed E-state index contributed by atoms with van der Waals surface area (Å²) in [5.74, 6) is -0.947. The highest BCUT2D eigenvalue weighted by molar-refractivity contribution is 6.06. The Labute approximate surface area is 169 Å². The number of carboxylic acid groups (broad SMARTS) is 1. The number of urea groups is 1. The molecule has 2 fully saturated rings. The number of phenols is 1. The molecule has 2 aliphatic heterocycles. The number of phenolic OH excluding ortho intramolecular Hbond substituents is 1. The smallest absolute Gasteiger partial charge is 0.329 e. The van der Waals surface area contributed by atoms with Crippen LogP contribution in [0.2, 0.25) is 0 Å². The third-order valence-corrected chi connectivity index (χ3v) is 5.81. The summed E-state index contributed by atoms with van der Waals surface area (Å²) in [6.07, 6.45) is 1.33. The van der Waals surface area contributed by atoms with Gasteiger partial charge in [-0.05, 0) is 61.7 Å². The van der Waals surface area contributed by atoms with Crippen LogP contribution in [-0.2, 0) is 11.2 Å². The fourth-order valence-electron chi connectivity index (χ4n) is 4.26. The fraction of sp³-hybridized carbons (Fsp3) is 0.364. The van der Waals surface area contributed by atoms with Crippen LogP contribution < -0.4 is 15.1 Å². The third kappa shape index (κ3) is 4.05. The van der Waals surface area contributed by atoms with Gasteiger partial charge in [0.1, 0.15) is 5.75 Å². The first-order chi connectivity index (χ1) is 14.0. The summed E-state index contributed by atoms with van der Waals surface area (Å²) in [5, 5.41) is 22.6. The summed E-state index contributed by atoms with van der Waals surface area (Å²) in [6.45, 7) is 2.66. The van der Waals surface area contributed by atoms with Gasteiger partial charge in [0.05, 0.1) is 5.92 Å². The van der Waals surface area contributed by atoms with Crippen LogP contribution in [0.25, 0.3) is 0 Å². The van der Waals surface area contributed by atoms with E-state index in [1.807, 2.05) is 24.3 Å². The molecule has 0 aromatic heterocycles. The van der Waals surface area contributed by atoms with Crippen LogP contribution in [0.4, 0.5) is 16.2 Å². The largest absolute Gasteiger partial charge is 0.508 e. The number of nitrogens with zero attached hydrogens (tertiary/aromatic N) is 2. The molecule has 2 atom stereocenters. The summed E-state index contributed by atoms with van der Waals surface area (Å²) in [7, 11) is 0. The van der Waals surface area contributed by atoms with E-state index in [9.17, 15) is 19.8 Å². The van der Waals surface area contributed by atoms with Gasteiger partial charge in [-0.15, -0.1) is 0 Å². The zero-order chi connectivity index (χ0) is 20.4. The molecule has 0 bridgehead atoms. The molecule has 29 heavy (non-hydrogen) atoms. The normalized spacial score (nSPS) is 20.3. The molecule has 7 heteroatoms. The minimum absolute atomic E-state index is 0.122. The van der Waals surface area contributed by atoms with E-state index in [-0.39, 0.29) is 17.7 Å². The van der Waals surface area contributed by atoms with Crippen LogP contribution >= 0.6 is 0 Å². The van der Waals surface area contributed by atoms with Gasteiger partial charge < -0.3 is 15.5 Å². The molecule has 2 aromatic rings. The number of benzene rings is 2. The maximum absolute atomic E-state index is 12.9. The summed E-state index contributed by atoms with van der Waals surface area (Å²) in [4.78, 5) is 28.1. The number of amides is 2. The molecule has 2 amide bonds. The molecule has 2 aromatic carbocycles. The third-order valence-electron chi connectivity index (χ3n) is 5.81. The molecule has 4 rings (SSSR count).